The highest BCUT2D eigenvalue weighted by molar-refractivity contribution is 8.01. The number of hydrogen-bond donors (Lipinski definition) is 1. The molecule has 2 unspecified atom stereocenters. The maximum Gasteiger partial charge on any atom is 0.344 e. The minimum absolute atomic E-state index is 0.159. The molecule has 2 aliphatic rings. The summed E-state index contributed by atoms with van der Waals surface area (Å²) in [5.41, 5.74) is 0.701. The Morgan fingerprint density at radius 1 is 1.04 bits per heavy atom. The van der Waals surface area contributed by atoms with Gasteiger partial charge in [0.15, 0.2) is 0 Å². The van der Waals surface area contributed by atoms with Crippen molar-refractivity contribution in [1.82, 2.24) is 4.98 Å². The normalized spacial score (nSPS) is 22.5. The zero-order valence-corrected chi connectivity index (χ0v) is 18.0. The second kappa shape index (κ2) is 9.99. The first kappa shape index (κ1) is 20.8. The van der Waals surface area contributed by atoms with Gasteiger partial charge < -0.3 is 9.73 Å². The van der Waals surface area contributed by atoms with Crippen LogP contribution < -0.4 is 10.9 Å². The van der Waals surface area contributed by atoms with Crippen molar-refractivity contribution in [2.24, 2.45) is 0 Å². The monoisotopic (exact) mass is 392 g/mol. The number of nitrogens with one attached hydrogen (secondary N) is 1. The Labute approximate surface area is 168 Å². The third-order valence-electron chi connectivity index (χ3n) is 6.03. The minimum Gasteiger partial charge on any atom is -0.389 e. The van der Waals surface area contributed by atoms with Crippen LogP contribution in [0.3, 0.4) is 0 Å². The fourth-order valence-corrected chi connectivity index (χ4v) is 5.87. The first-order chi connectivity index (χ1) is 13.2. The van der Waals surface area contributed by atoms with Crippen molar-refractivity contribution in [3.05, 3.63) is 16.0 Å². The van der Waals surface area contributed by atoms with E-state index in [1.807, 2.05) is 11.8 Å². The number of unbranched alkanes of at least 4 members (excludes halogenated alkanes) is 9. The first-order valence-electron chi connectivity index (χ1n) is 11.2. The molecule has 1 saturated carbocycles. The van der Waals surface area contributed by atoms with Crippen LogP contribution >= 0.6 is 11.8 Å². The van der Waals surface area contributed by atoms with Gasteiger partial charge in [0, 0.05) is 17.2 Å². The van der Waals surface area contributed by atoms with Crippen LogP contribution in [-0.2, 0) is 0 Å². The zero-order valence-electron chi connectivity index (χ0n) is 17.1. The lowest BCUT2D eigenvalue weighted by Crippen LogP contribution is -2.12. The molecule has 1 fully saturated rings. The highest BCUT2D eigenvalue weighted by atomic mass is 32.2. The molecule has 0 amide bonds. The number of aromatic nitrogens is 1. The molecule has 0 radical (unpaired) electrons. The number of nitrogens with zero attached hydrogens (tertiary/aromatic N) is 1. The minimum atomic E-state index is -0.159. The van der Waals surface area contributed by atoms with Crippen LogP contribution in [0, 0.1) is 0 Å². The first-order valence-corrected chi connectivity index (χ1v) is 12.0. The van der Waals surface area contributed by atoms with Gasteiger partial charge in [-0.2, -0.15) is 4.98 Å². The van der Waals surface area contributed by atoms with Crippen molar-refractivity contribution in [3.8, 4) is 0 Å². The molecule has 27 heavy (non-hydrogen) atoms. The Morgan fingerprint density at radius 3 is 2.44 bits per heavy atom. The predicted octanol–water partition coefficient (Wildman–Crippen LogP) is 6.50. The van der Waals surface area contributed by atoms with Crippen LogP contribution in [0.4, 0.5) is 6.01 Å². The van der Waals surface area contributed by atoms with Gasteiger partial charge in [0.05, 0.1) is 5.56 Å². The topological polar surface area (TPSA) is 55.1 Å². The molecule has 2 heterocycles. The lowest BCUT2D eigenvalue weighted by atomic mass is 10.1. The van der Waals surface area contributed by atoms with E-state index in [1.54, 1.807) is 0 Å². The highest BCUT2D eigenvalue weighted by Crippen LogP contribution is 2.70. The molecule has 1 N–H and O–H groups in total. The van der Waals surface area contributed by atoms with E-state index in [0.717, 1.165) is 30.0 Å². The van der Waals surface area contributed by atoms with E-state index in [9.17, 15) is 4.79 Å². The summed E-state index contributed by atoms with van der Waals surface area (Å²) in [6, 6.07) is 0.416. The van der Waals surface area contributed by atoms with Crippen molar-refractivity contribution in [2.75, 3.05) is 11.9 Å². The largest absolute Gasteiger partial charge is 0.389 e. The Hall–Kier alpha value is -0.970. The van der Waals surface area contributed by atoms with Gasteiger partial charge in [-0.25, -0.2) is 4.79 Å². The van der Waals surface area contributed by atoms with Gasteiger partial charge in [-0.1, -0.05) is 89.8 Å². The summed E-state index contributed by atoms with van der Waals surface area (Å²) in [7, 11) is 0. The summed E-state index contributed by atoms with van der Waals surface area (Å²) in [4.78, 5) is 17.1. The van der Waals surface area contributed by atoms with Crippen LogP contribution in [0.25, 0.3) is 0 Å². The third kappa shape index (κ3) is 5.30. The van der Waals surface area contributed by atoms with Gasteiger partial charge in [-0.3, -0.25) is 0 Å². The van der Waals surface area contributed by atoms with Crippen molar-refractivity contribution < 1.29 is 4.42 Å². The number of hydrogen-bond acceptors (Lipinski definition) is 5. The summed E-state index contributed by atoms with van der Waals surface area (Å²) in [6.45, 7) is 5.32. The van der Waals surface area contributed by atoms with Crippen LogP contribution in [0.2, 0.25) is 0 Å². The van der Waals surface area contributed by atoms with Gasteiger partial charge in [0.1, 0.15) is 5.03 Å². The Kier molecular flexibility index (Phi) is 7.68. The Morgan fingerprint density at radius 2 is 1.70 bits per heavy atom. The SMILES string of the molecule is CCCCCCCCNc1nc2c(c(=O)o1)C1CC1(CCCCCCC)S2. The van der Waals surface area contributed by atoms with Gasteiger partial charge >= 0.3 is 5.63 Å². The van der Waals surface area contributed by atoms with Gasteiger partial charge in [0.2, 0.25) is 0 Å². The molecule has 1 aliphatic heterocycles. The van der Waals surface area contributed by atoms with Crippen LogP contribution in [-0.4, -0.2) is 16.3 Å². The predicted molar refractivity (Wildman–Crippen MR) is 114 cm³/mol. The van der Waals surface area contributed by atoms with E-state index in [0.29, 0.717) is 11.9 Å². The summed E-state index contributed by atoms with van der Waals surface area (Å²) < 4.78 is 5.73. The number of rotatable bonds is 14. The van der Waals surface area contributed by atoms with E-state index in [-0.39, 0.29) is 10.4 Å². The highest BCUT2D eigenvalue weighted by Gasteiger charge is 2.62. The maximum absolute atomic E-state index is 12.5. The van der Waals surface area contributed by atoms with E-state index < -0.39 is 0 Å². The molecule has 0 saturated heterocycles. The fraction of sp³-hybridized carbons (Fsp3) is 0.818. The number of anilines is 1. The lowest BCUT2D eigenvalue weighted by Gasteiger charge is -2.11. The van der Waals surface area contributed by atoms with Crippen molar-refractivity contribution in [3.63, 3.8) is 0 Å². The molecule has 2 atom stereocenters. The van der Waals surface area contributed by atoms with Crippen LogP contribution in [0.15, 0.2) is 14.2 Å². The standard InChI is InChI=1S/C22H36N2O2S/c1-3-5-7-9-11-13-15-23-21-24-19-18(20(25)26-21)17-16-22(17,27-19)14-12-10-8-6-4-2/h17H,3-16H2,1-2H3,(H,23,24). The molecule has 1 aliphatic carbocycles. The third-order valence-corrected chi connectivity index (χ3v) is 7.59. The second-order valence-corrected chi connectivity index (χ2v) is 9.71. The van der Waals surface area contributed by atoms with Gasteiger partial charge in [0.25, 0.3) is 6.01 Å². The summed E-state index contributed by atoms with van der Waals surface area (Å²) >= 11 is 1.85. The molecular weight excluding hydrogens is 356 g/mol. The molecule has 152 valence electrons. The van der Waals surface area contributed by atoms with E-state index in [2.05, 4.69) is 24.1 Å². The maximum atomic E-state index is 12.5. The van der Waals surface area contributed by atoms with Gasteiger partial charge in [-0.05, 0) is 19.3 Å². The van der Waals surface area contributed by atoms with Crippen molar-refractivity contribution in [2.45, 2.75) is 113 Å². The average molecular weight is 393 g/mol. The van der Waals surface area contributed by atoms with Crippen LogP contribution in [0.5, 0.6) is 0 Å². The molecule has 1 aromatic rings. The molecule has 1 aromatic heterocycles. The lowest BCUT2D eigenvalue weighted by molar-refractivity contribution is 0.483. The Bertz CT molecular complexity index is 660. The summed E-state index contributed by atoms with van der Waals surface area (Å²) in [5, 5.41) is 4.16. The van der Waals surface area contributed by atoms with Crippen molar-refractivity contribution >= 4 is 17.8 Å². The quantitative estimate of drug-likeness (QED) is 0.366. The zero-order chi connectivity index (χ0) is 19.1. The molecule has 3 rings (SSSR count). The number of thioether (sulfide) groups is 1. The summed E-state index contributed by atoms with van der Waals surface area (Å²) in [6.07, 6.45) is 16.4. The molecule has 0 spiro atoms. The van der Waals surface area contributed by atoms with Crippen LogP contribution in [0.1, 0.15) is 109 Å². The smallest absolute Gasteiger partial charge is 0.344 e. The van der Waals surface area contributed by atoms with E-state index >= 15 is 0 Å². The molecule has 0 aromatic carbocycles. The second-order valence-electron chi connectivity index (χ2n) is 8.31. The van der Waals surface area contributed by atoms with E-state index in [1.165, 1.54) is 70.6 Å². The Balaban J connectivity index is 1.45. The average Bonchev–Trinajstić information content (AvgIpc) is 3.24. The van der Waals surface area contributed by atoms with Gasteiger partial charge in [-0.15, -0.1) is 0 Å². The summed E-state index contributed by atoms with van der Waals surface area (Å²) in [5.74, 6) is 0.389. The molecule has 4 nitrogen and oxygen atoms in total. The molecule has 5 heteroatoms. The molecule has 0 bridgehead atoms. The van der Waals surface area contributed by atoms with E-state index in [4.69, 9.17) is 4.42 Å². The van der Waals surface area contributed by atoms with Crippen molar-refractivity contribution in [1.29, 1.82) is 0 Å². The fourth-order valence-electron chi connectivity index (χ4n) is 4.26. The molecular formula is C22H36N2O2S. The number of fused-ring (bicyclic) bond motifs is 3.